The van der Waals surface area contributed by atoms with Gasteiger partial charge in [0, 0.05) is 70.6 Å². The van der Waals surface area contributed by atoms with Gasteiger partial charge in [0.15, 0.2) is 0 Å². The lowest BCUT2D eigenvalue weighted by Crippen LogP contribution is -2.45. The number of amides is 5. The Bertz CT molecular complexity index is 2360. The highest BCUT2D eigenvalue weighted by Gasteiger charge is 2.28. The fourth-order valence-corrected chi connectivity index (χ4v) is 8.26. The number of benzene rings is 1. The first-order chi connectivity index (χ1) is 30.9. The summed E-state index contributed by atoms with van der Waals surface area (Å²) < 4.78 is 12.0. The maximum atomic E-state index is 13.5. The van der Waals surface area contributed by atoms with Crippen molar-refractivity contribution in [2.24, 2.45) is 0 Å². The first-order valence-corrected chi connectivity index (χ1v) is 25.8. The van der Waals surface area contributed by atoms with Crippen molar-refractivity contribution < 1.29 is 48.1 Å². The van der Waals surface area contributed by atoms with Gasteiger partial charge >= 0.3 is 24.1 Å². The summed E-state index contributed by atoms with van der Waals surface area (Å²) in [6.45, 7) is 9.12. The molecule has 21 nitrogen and oxygen atoms in total. The smallest absolute Gasteiger partial charge is 0.407 e. The lowest BCUT2D eigenvalue weighted by molar-refractivity contribution is -0.139. The van der Waals surface area contributed by atoms with E-state index in [4.69, 9.17) is 9.15 Å². The summed E-state index contributed by atoms with van der Waals surface area (Å²) in [5.41, 5.74) is 3.59. The van der Waals surface area contributed by atoms with Crippen molar-refractivity contribution >= 4 is 61.4 Å². The SMILES string of the molecule is Cc1nnc(-c2cc(-c3ccc(NC(=O)N4Cc5ccncc5C4)cc3)nn(CCCCCCNC(=O)CNC(=O)C(CC(=O)O)SCC(NC(=O)OCC[Si](C)(C)C)C(=O)O)c2=O)o1. The molecule has 1 aliphatic rings. The van der Waals surface area contributed by atoms with Crippen LogP contribution in [0.2, 0.25) is 25.7 Å². The number of ether oxygens (including phenoxy) is 1. The maximum Gasteiger partial charge on any atom is 0.407 e. The number of carbonyl (C=O) groups is 6. The lowest BCUT2D eigenvalue weighted by Gasteiger charge is -2.19. The number of alkyl carbamates (subject to hydrolysis) is 1. The van der Waals surface area contributed by atoms with Crippen LogP contribution in [0, 0.1) is 6.92 Å². The van der Waals surface area contributed by atoms with Crippen molar-refractivity contribution in [1.82, 2.24) is 45.8 Å². The molecule has 0 radical (unpaired) electrons. The molecule has 2 atom stereocenters. The molecular weight excluding hydrogens is 881 g/mol. The number of aromatic nitrogens is 5. The second kappa shape index (κ2) is 23.3. The number of fused-ring (bicyclic) bond motifs is 1. The number of anilines is 1. The zero-order valence-electron chi connectivity index (χ0n) is 36.6. The Morgan fingerprint density at radius 2 is 1.69 bits per heavy atom. The summed E-state index contributed by atoms with van der Waals surface area (Å²) in [7, 11) is -1.50. The first-order valence-electron chi connectivity index (χ1n) is 21.0. The van der Waals surface area contributed by atoms with E-state index in [0.29, 0.717) is 67.7 Å². The number of pyridine rings is 1. The molecule has 348 valence electrons. The highest BCUT2D eigenvalue weighted by atomic mass is 32.2. The number of carbonyl (C=O) groups excluding carboxylic acids is 4. The zero-order chi connectivity index (χ0) is 47.1. The molecule has 5 amide bonds. The summed E-state index contributed by atoms with van der Waals surface area (Å²) in [5.74, 6) is -3.94. The van der Waals surface area contributed by atoms with Crippen LogP contribution < -0.4 is 26.8 Å². The highest BCUT2D eigenvalue weighted by Crippen LogP contribution is 2.26. The number of thioether (sulfide) groups is 1. The van der Waals surface area contributed by atoms with Crippen LogP contribution in [-0.2, 0) is 43.5 Å². The Kier molecular flexibility index (Phi) is 17.7. The van der Waals surface area contributed by atoms with E-state index in [-0.39, 0.29) is 42.9 Å². The van der Waals surface area contributed by atoms with Crippen LogP contribution in [0.1, 0.15) is 49.1 Å². The summed E-state index contributed by atoms with van der Waals surface area (Å²) >= 11 is 0.728. The number of carboxylic acid groups (broad SMARTS) is 2. The number of unbranched alkanes of at least 4 members (excludes halogenated alkanes) is 3. The minimum atomic E-state index is -1.50. The molecule has 0 fully saturated rings. The summed E-state index contributed by atoms with van der Waals surface area (Å²) in [5, 5.41) is 40.5. The predicted octanol–water partition coefficient (Wildman–Crippen LogP) is 4.10. The molecule has 0 spiro atoms. The van der Waals surface area contributed by atoms with Crippen molar-refractivity contribution in [1.29, 1.82) is 0 Å². The third kappa shape index (κ3) is 15.5. The average molecular weight is 935 g/mol. The van der Waals surface area contributed by atoms with Crippen LogP contribution >= 0.6 is 11.8 Å². The van der Waals surface area contributed by atoms with E-state index in [1.165, 1.54) is 4.68 Å². The van der Waals surface area contributed by atoms with Gasteiger partial charge in [-0.3, -0.25) is 24.2 Å². The number of carboxylic acids is 2. The van der Waals surface area contributed by atoms with Crippen LogP contribution in [0.25, 0.3) is 22.7 Å². The van der Waals surface area contributed by atoms with Gasteiger partial charge in [0.25, 0.3) is 11.4 Å². The van der Waals surface area contributed by atoms with Crippen molar-refractivity contribution in [3.63, 3.8) is 0 Å². The fraction of sp³-hybridized carbons (Fsp3) is 0.452. The Morgan fingerprint density at radius 3 is 2.37 bits per heavy atom. The zero-order valence-corrected chi connectivity index (χ0v) is 38.4. The molecule has 4 aromatic rings. The van der Waals surface area contributed by atoms with Gasteiger partial charge in [-0.05, 0) is 54.3 Å². The molecule has 23 heteroatoms. The Morgan fingerprint density at radius 1 is 0.954 bits per heavy atom. The van der Waals surface area contributed by atoms with Gasteiger partial charge < -0.3 is 45.5 Å². The molecule has 5 rings (SSSR count). The van der Waals surface area contributed by atoms with Crippen LogP contribution in [-0.4, -0.2) is 121 Å². The molecule has 4 heterocycles. The van der Waals surface area contributed by atoms with E-state index in [9.17, 15) is 43.8 Å². The number of hydrogen-bond acceptors (Lipinski definition) is 14. The van der Waals surface area contributed by atoms with Crippen molar-refractivity contribution in [2.45, 2.75) is 95.6 Å². The van der Waals surface area contributed by atoms with E-state index in [1.807, 2.05) is 6.07 Å². The van der Waals surface area contributed by atoms with Gasteiger partial charge in [0.1, 0.15) is 11.6 Å². The highest BCUT2D eigenvalue weighted by molar-refractivity contribution is 8.00. The van der Waals surface area contributed by atoms with Crippen LogP contribution in [0.5, 0.6) is 0 Å². The number of aryl methyl sites for hydroxylation is 2. The van der Waals surface area contributed by atoms with Gasteiger partial charge in [-0.25, -0.2) is 19.1 Å². The first kappa shape index (κ1) is 49.4. The molecule has 3 aromatic heterocycles. The van der Waals surface area contributed by atoms with Crippen molar-refractivity contribution in [3.05, 3.63) is 76.2 Å². The van der Waals surface area contributed by atoms with Gasteiger partial charge in [-0.1, -0.05) is 44.6 Å². The fourth-order valence-electron chi connectivity index (χ4n) is 6.40. The second-order valence-electron chi connectivity index (χ2n) is 16.5. The standard InChI is InChI=1S/C42H54N10O11SSi/c1-26-48-49-38(63-26)31-19-32(27-9-11-30(12-10-27)46-41(60)51-23-28-13-15-43-21-29(28)24-51)50-52(39(31)57)16-8-6-5-7-14-44-35(53)22-45-37(56)34(20-36(54)55)64-25-33(40(58)59)47-42(61)62-17-18-65(2,3)4/h9-13,15,19,21,33-34H,5-8,14,16-18,20,22-25H2,1-4H3,(H,44,53)(H,45,56)(H,46,60)(H,47,61)(H,54,55)(H,58,59). The number of aliphatic carboxylic acids is 2. The molecule has 0 saturated carbocycles. The molecule has 6 N–H and O–H groups in total. The van der Waals surface area contributed by atoms with E-state index >= 15 is 0 Å². The average Bonchev–Trinajstić information content (AvgIpc) is 3.90. The van der Waals surface area contributed by atoms with E-state index in [0.717, 1.165) is 22.9 Å². The largest absolute Gasteiger partial charge is 0.481 e. The molecule has 65 heavy (non-hydrogen) atoms. The molecule has 1 aromatic carbocycles. The third-order valence-electron chi connectivity index (χ3n) is 10.0. The molecule has 0 bridgehead atoms. The lowest BCUT2D eigenvalue weighted by atomic mass is 10.1. The Balaban J connectivity index is 1.06. The molecule has 0 aliphatic carbocycles. The van der Waals surface area contributed by atoms with E-state index < -0.39 is 67.7 Å². The number of hydrogen-bond donors (Lipinski definition) is 6. The molecular formula is C42H54N10O11SSi. The Labute approximate surface area is 379 Å². The monoisotopic (exact) mass is 934 g/mol. The van der Waals surface area contributed by atoms with E-state index in [1.54, 1.807) is 54.5 Å². The minimum absolute atomic E-state index is 0.0601. The number of rotatable bonds is 23. The van der Waals surface area contributed by atoms with Gasteiger partial charge in [0.05, 0.1) is 30.5 Å². The van der Waals surface area contributed by atoms with Crippen molar-refractivity contribution in [3.8, 4) is 22.7 Å². The molecule has 0 saturated heterocycles. The van der Waals surface area contributed by atoms with Gasteiger partial charge in [0.2, 0.25) is 17.7 Å². The number of nitrogens with one attached hydrogen (secondary N) is 4. The third-order valence-corrected chi connectivity index (χ3v) is 13.0. The summed E-state index contributed by atoms with van der Waals surface area (Å²) in [6, 6.07) is 9.58. The number of urea groups is 1. The summed E-state index contributed by atoms with van der Waals surface area (Å²) in [6.07, 6.45) is 4.43. The van der Waals surface area contributed by atoms with Crippen LogP contribution in [0.3, 0.4) is 0 Å². The quantitative estimate of drug-likeness (QED) is 0.0451. The molecule has 1 aliphatic heterocycles. The maximum absolute atomic E-state index is 13.5. The Hall–Kier alpha value is -6.62. The van der Waals surface area contributed by atoms with Crippen LogP contribution in [0.4, 0.5) is 15.3 Å². The van der Waals surface area contributed by atoms with Gasteiger partial charge in [-0.2, -0.15) is 5.10 Å². The van der Waals surface area contributed by atoms with Crippen molar-refractivity contribution in [2.75, 3.05) is 30.8 Å². The van der Waals surface area contributed by atoms with Gasteiger partial charge in [-0.15, -0.1) is 22.0 Å². The topological polar surface area (TPSA) is 290 Å². The summed E-state index contributed by atoms with van der Waals surface area (Å²) in [4.78, 5) is 93.1. The second-order valence-corrected chi connectivity index (χ2v) is 23.3. The minimum Gasteiger partial charge on any atom is -0.481 e. The molecule has 2 unspecified atom stereocenters. The normalized spacial score (nSPS) is 13.0. The van der Waals surface area contributed by atoms with E-state index in [2.05, 4.69) is 61.2 Å². The predicted molar refractivity (Wildman–Crippen MR) is 242 cm³/mol. The van der Waals surface area contributed by atoms with Crippen LogP contribution in [0.15, 0.2) is 58.0 Å². The number of nitrogens with zero attached hydrogens (tertiary/aromatic N) is 6.